The van der Waals surface area contributed by atoms with E-state index in [9.17, 15) is 4.39 Å². The van der Waals surface area contributed by atoms with Crippen LogP contribution in [0.1, 0.15) is 24.4 Å². The van der Waals surface area contributed by atoms with Crippen molar-refractivity contribution in [3.63, 3.8) is 0 Å². The van der Waals surface area contributed by atoms with Crippen LogP contribution in [0, 0.1) is 5.82 Å². The third-order valence-corrected chi connectivity index (χ3v) is 3.09. The average molecular weight is 234 g/mol. The van der Waals surface area contributed by atoms with Crippen molar-refractivity contribution in [1.82, 2.24) is 5.32 Å². The Kier molecular flexibility index (Phi) is 2.96. The molecule has 0 bridgehead atoms. The van der Waals surface area contributed by atoms with Crippen molar-refractivity contribution in [3.05, 3.63) is 33.6 Å². The van der Waals surface area contributed by atoms with Crippen LogP contribution >= 0.6 is 23.2 Å². The zero-order valence-corrected chi connectivity index (χ0v) is 9.00. The summed E-state index contributed by atoms with van der Waals surface area (Å²) in [5, 5.41) is 3.88. The Bertz CT molecular complexity index is 348. The largest absolute Gasteiger partial charge is 0.310 e. The second kappa shape index (κ2) is 4.05. The molecule has 76 valence electrons. The smallest absolute Gasteiger partial charge is 0.142 e. The molecule has 0 radical (unpaired) electrons. The summed E-state index contributed by atoms with van der Waals surface area (Å²) < 4.78 is 13.2. The molecule has 1 aromatic rings. The summed E-state index contributed by atoms with van der Waals surface area (Å²) in [4.78, 5) is 0. The topological polar surface area (TPSA) is 12.0 Å². The lowest BCUT2D eigenvalue weighted by Crippen LogP contribution is -2.13. The first-order valence-electron chi connectivity index (χ1n) is 4.56. The molecule has 0 unspecified atom stereocenters. The Morgan fingerprint density at radius 1 is 1.29 bits per heavy atom. The summed E-state index contributed by atoms with van der Waals surface area (Å²) in [6, 6.07) is 3.07. The zero-order chi connectivity index (χ0) is 10.1. The van der Waals surface area contributed by atoms with Crippen molar-refractivity contribution in [2.24, 2.45) is 0 Å². The predicted molar refractivity (Wildman–Crippen MR) is 56.4 cm³/mol. The number of halogens is 3. The molecule has 1 aliphatic heterocycles. The maximum absolute atomic E-state index is 13.2. The van der Waals surface area contributed by atoms with Crippen LogP contribution in [0.15, 0.2) is 12.1 Å². The molecular formula is C10H10Cl2FN. The van der Waals surface area contributed by atoms with Crippen molar-refractivity contribution in [3.8, 4) is 0 Å². The lowest BCUT2D eigenvalue weighted by molar-refractivity contribution is 0.607. The molecule has 0 aliphatic carbocycles. The first-order valence-corrected chi connectivity index (χ1v) is 5.32. The Morgan fingerprint density at radius 3 is 2.71 bits per heavy atom. The van der Waals surface area contributed by atoms with Crippen molar-refractivity contribution < 1.29 is 4.39 Å². The van der Waals surface area contributed by atoms with Crippen molar-refractivity contribution in [2.45, 2.75) is 18.9 Å². The SMILES string of the molecule is Fc1cc([C@@H]2CCCN2)c(Cl)cc1Cl. The normalized spacial score (nSPS) is 21.5. The molecule has 0 aromatic heterocycles. The van der Waals surface area contributed by atoms with E-state index >= 15 is 0 Å². The van der Waals surface area contributed by atoms with E-state index in [1.54, 1.807) is 0 Å². The first kappa shape index (κ1) is 10.2. The molecule has 1 fully saturated rings. The molecular weight excluding hydrogens is 224 g/mol. The van der Waals surface area contributed by atoms with E-state index in [0.29, 0.717) is 5.02 Å². The minimum Gasteiger partial charge on any atom is -0.310 e. The molecule has 2 rings (SSSR count). The molecule has 1 saturated heterocycles. The van der Waals surface area contributed by atoms with Gasteiger partial charge in [-0.3, -0.25) is 0 Å². The molecule has 1 atom stereocenters. The summed E-state index contributed by atoms with van der Waals surface area (Å²) in [6.45, 7) is 0.964. The van der Waals surface area contributed by atoms with Crippen LogP contribution < -0.4 is 5.32 Å². The van der Waals surface area contributed by atoms with Gasteiger partial charge in [0, 0.05) is 11.1 Å². The van der Waals surface area contributed by atoms with Gasteiger partial charge in [-0.15, -0.1) is 0 Å². The van der Waals surface area contributed by atoms with Crippen molar-refractivity contribution in [2.75, 3.05) is 6.54 Å². The summed E-state index contributed by atoms with van der Waals surface area (Å²) in [5.41, 5.74) is 0.811. The van der Waals surface area contributed by atoms with E-state index < -0.39 is 5.82 Å². The number of hydrogen-bond donors (Lipinski definition) is 1. The predicted octanol–water partition coefficient (Wildman–Crippen LogP) is 3.56. The van der Waals surface area contributed by atoms with E-state index in [2.05, 4.69) is 5.32 Å². The third-order valence-electron chi connectivity index (χ3n) is 2.48. The molecule has 1 aromatic carbocycles. The number of benzene rings is 1. The van der Waals surface area contributed by atoms with Gasteiger partial charge in [-0.05, 0) is 37.1 Å². The molecule has 0 amide bonds. The van der Waals surface area contributed by atoms with Crippen molar-refractivity contribution in [1.29, 1.82) is 0 Å². The van der Waals surface area contributed by atoms with E-state index in [0.717, 1.165) is 24.9 Å². The maximum atomic E-state index is 13.2. The lowest BCUT2D eigenvalue weighted by Gasteiger charge is -2.13. The lowest BCUT2D eigenvalue weighted by atomic mass is 10.1. The van der Waals surface area contributed by atoms with Crippen LogP contribution in [-0.2, 0) is 0 Å². The van der Waals surface area contributed by atoms with Gasteiger partial charge in [0.1, 0.15) is 5.82 Å². The fraction of sp³-hybridized carbons (Fsp3) is 0.400. The highest BCUT2D eigenvalue weighted by Crippen LogP contribution is 2.32. The summed E-state index contributed by atoms with van der Waals surface area (Å²) in [5.74, 6) is -0.403. The molecule has 1 aliphatic rings. The second-order valence-corrected chi connectivity index (χ2v) is 4.25. The zero-order valence-electron chi connectivity index (χ0n) is 7.49. The standard InChI is InChI=1S/C10H10Cl2FN/c11-7-5-8(12)9(13)4-6(7)10-2-1-3-14-10/h4-5,10,14H,1-3H2/t10-/m0/s1. The van der Waals surface area contributed by atoms with Gasteiger partial charge in [-0.2, -0.15) is 0 Å². The number of nitrogens with one attached hydrogen (secondary N) is 1. The Balaban J connectivity index is 2.37. The Hall–Kier alpha value is -0.310. The van der Waals surface area contributed by atoms with E-state index in [-0.39, 0.29) is 11.1 Å². The van der Waals surface area contributed by atoms with Gasteiger partial charge in [0.2, 0.25) is 0 Å². The highest BCUT2D eigenvalue weighted by Gasteiger charge is 2.20. The minimum absolute atomic E-state index is 0.0803. The molecule has 1 N–H and O–H groups in total. The molecule has 4 heteroatoms. The van der Waals surface area contributed by atoms with Crippen LogP contribution in [0.4, 0.5) is 4.39 Å². The van der Waals surface area contributed by atoms with E-state index in [1.165, 1.54) is 12.1 Å². The number of rotatable bonds is 1. The van der Waals surface area contributed by atoms with Crippen molar-refractivity contribution >= 4 is 23.2 Å². The van der Waals surface area contributed by atoms with Crippen LogP contribution in [0.25, 0.3) is 0 Å². The van der Waals surface area contributed by atoms with Gasteiger partial charge in [0.25, 0.3) is 0 Å². The molecule has 1 heterocycles. The second-order valence-electron chi connectivity index (χ2n) is 3.44. The summed E-state index contributed by atoms with van der Waals surface area (Å²) in [7, 11) is 0. The monoisotopic (exact) mass is 233 g/mol. The highest BCUT2D eigenvalue weighted by molar-refractivity contribution is 6.35. The molecule has 0 spiro atoms. The Morgan fingerprint density at radius 2 is 2.07 bits per heavy atom. The van der Waals surface area contributed by atoms with Gasteiger partial charge >= 0.3 is 0 Å². The quantitative estimate of drug-likeness (QED) is 0.732. The van der Waals surface area contributed by atoms with Crippen LogP contribution in [0.3, 0.4) is 0 Å². The van der Waals surface area contributed by atoms with Crippen LogP contribution in [0.2, 0.25) is 10.0 Å². The number of hydrogen-bond acceptors (Lipinski definition) is 1. The van der Waals surface area contributed by atoms with E-state index in [4.69, 9.17) is 23.2 Å². The van der Waals surface area contributed by atoms with Gasteiger partial charge in [-0.1, -0.05) is 23.2 Å². The maximum Gasteiger partial charge on any atom is 0.142 e. The van der Waals surface area contributed by atoms with E-state index in [1.807, 2.05) is 0 Å². The minimum atomic E-state index is -0.403. The summed E-state index contributed by atoms with van der Waals surface area (Å²) in [6.07, 6.45) is 2.10. The van der Waals surface area contributed by atoms with Gasteiger partial charge in [-0.25, -0.2) is 4.39 Å². The highest BCUT2D eigenvalue weighted by atomic mass is 35.5. The average Bonchev–Trinajstić information content (AvgIpc) is 2.64. The molecule has 14 heavy (non-hydrogen) atoms. The summed E-state index contributed by atoms with van der Waals surface area (Å²) >= 11 is 11.6. The first-order chi connectivity index (χ1) is 6.68. The van der Waals surface area contributed by atoms with Crippen LogP contribution in [-0.4, -0.2) is 6.54 Å². The molecule has 0 saturated carbocycles. The molecule has 1 nitrogen and oxygen atoms in total. The van der Waals surface area contributed by atoms with Gasteiger partial charge in [0.05, 0.1) is 5.02 Å². The van der Waals surface area contributed by atoms with Gasteiger partial charge < -0.3 is 5.32 Å². The fourth-order valence-corrected chi connectivity index (χ4v) is 2.27. The fourth-order valence-electron chi connectivity index (χ4n) is 1.75. The Labute approximate surface area is 92.2 Å². The van der Waals surface area contributed by atoms with Gasteiger partial charge in [0.15, 0.2) is 0 Å². The third kappa shape index (κ3) is 1.88. The van der Waals surface area contributed by atoms with Crippen LogP contribution in [0.5, 0.6) is 0 Å².